The van der Waals surface area contributed by atoms with E-state index in [1.807, 2.05) is 6.07 Å². The van der Waals surface area contributed by atoms with Gasteiger partial charge in [0.15, 0.2) is 23.6 Å². The second-order valence-electron chi connectivity index (χ2n) is 10.7. The van der Waals surface area contributed by atoms with Gasteiger partial charge in [-0.2, -0.15) is 0 Å². The van der Waals surface area contributed by atoms with Gasteiger partial charge in [-0.3, -0.25) is 14.4 Å². The Balaban J connectivity index is 1.60. The average Bonchev–Trinajstić information content (AvgIpc) is 3.07. The largest absolute Gasteiger partial charge is 0.493 e. The molecule has 1 aromatic heterocycles. The Morgan fingerprint density at radius 3 is 2.39 bits per heavy atom. The number of carbonyl (C=O) groups excluding carboxylic acids is 5. The third-order valence-electron chi connectivity index (χ3n) is 7.06. The van der Waals surface area contributed by atoms with Gasteiger partial charge >= 0.3 is 23.9 Å². The lowest BCUT2D eigenvalue weighted by atomic mass is 9.91. The molecule has 1 aliphatic heterocycles. The lowest BCUT2D eigenvalue weighted by molar-refractivity contribution is -0.176. The standard InChI is InChI=1S/C33H33FN2O10/c1-18(2)30(38)45-27-19(3)44-33(41)24(17-43-31(39)22(27)16-20-10-6-5-7-11-20)36-29(37)26-28(25(42-4)14-15-35-26)46-32(40)21-12-8-9-13-23(21)34/h5-15,18-19,22,24,27H,16-17H2,1-4H3,(H,36,37)/t19-,22+,24-,27-/m0/s1. The Bertz CT molecular complexity index is 1600. The fourth-order valence-electron chi connectivity index (χ4n) is 4.60. The number of esters is 4. The van der Waals surface area contributed by atoms with Crippen LogP contribution in [0.3, 0.4) is 0 Å². The van der Waals surface area contributed by atoms with Crippen molar-refractivity contribution in [1.29, 1.82) is 0 Å². The number of rotatable bonds is 9. The molecule has 0 spiro atoms. The maximum Gasteiger partial charge on any atom is 0.346 e. The molecular weight excluding hydrogens is 603 g/mol. The third kappa shape index (κ3) is 8.03. The summed E-state index contributed by atoms with van der Waals surface area (Å²) in [6.07, 6.45) is -1.02. The van der Waals surface area contributed by atoms with Crippen LogP contribution in [-0.2, 0) is 35.0 Å². The molecular formula is C33H33FN2O10. The molecule has 0 unspecified atom stereocenters. The number of carbonyl (C=O) groups is 5. The van der Waals surface area contributed by atoms with Crippen LogP contribution in [0.4, 0.5) is 4.39 Å². The second-order valence-corrected chi connectivity index (χ2v) is 10.7. The van der Waals surface area contributed by atoms with Crippen molar-refractivity contribution in [1.82, 2.24) is 10.3 Å². The molecule has 1 saturated heterocycles. The number of halogens is 1. The number of hydrogen-bond donors (Lipinski definition) is 1. The van der Waals surface area contributed by atoms with Gasteiger partial charge in [-0.25, -0.2) is 19.0 Å². The fraction of sp³-hybridized carbons (Fsp3) is 0.333. The van der Waals surface area contributed by atoms with Gasteiger partial charge in [0.1, 0.15) is 24.4 Å². The Morgan fingerprint density at radius 1 is 1.02 bits per heavy atom. The number of aromatic nitrogens is 1. The summed E-state index contributed by atoms with van der Waals surface area (Å²) in [5.74, 6) is -7.50. The van der Waals surface area contributed by atoms with E-state index in [-0.39, 0.29) is 12.2 Å². The monoisotopic (exact) mass is 636 g/mol. The number of ether oxygens (including phenoxy) is 5. The molecule has 1 aliphatic rings. The summed E-state index contributed by atoms with van der Waals surface area (Å²) >= 11 is 0. The number of cyclic esters (lactones) is 2. The molecule has 4 atom stereocenters. The molecule has 1 N–H and O–H groups in total. The topological polar surface area (TPSA) is 156 Å². The predicted octanol–water partition coefficient (Wildman–Crippen LogP) is 3.46. The fourth-order valence-corrected chi connectivity index (χ4v) is 4.60. The molecule has 0 aliphatic carbocycles. The maximum atomic E-state index is 14.2. The van der Waals surface area contributed by atoms with Crippen molar-refractivity contribution in [2.45, 2.75) is 45.4 Å². The normalized spacial score (nSPS) is 19.9. The molecule has 242 valence electrons. The summed E-state index contributed by atoms with van der Waals surface area (Å²) in [7, 11) is 1.25. The lowest BCUT2D eigenvalue weighted by Gasteiger charge is -2.29. The highest BCUT2D eigenvalue weighted by atomic mass is 19.1. The van der Waals surface area contributed by atoms with Crippen molar-refractivity contribution in [2.24, 2.45) is 11.8 Å². The Morgan fingerprint density at radius 2 is 1.72 bits per heavy atom. The molecule has 2 aromatic carbocycles. The zero-order chi connectivity index (χ0) is 33.4. The van der Waals surface area contributed by atoms with E-state index >= 15 is 0 Å². The Kier molecular flexibility index (Phi) is 11.0. The van der Waals surface area contributed by atoms with Crippen molar-refractivity contribution in [2.75, 3.05) is 13.7 Å². The van der Waals surface area contributed by atoms with E-state index in [9.17, 15) is 28.4 Å². The predicted molar refractivity (Wildman–Crippen MR) is 158 cm³/mol. The first-order chi connectivity index (χ1) is 22.0. The first-order valence-electron chi connectivity index (χ1n) is 14.4. The molecule has 1 amide bonds. The van der Waals surface area contributed by atoms with Crippen LogP contribution < -0.4 is 14.8 Å². The van der Waals surface area contributed by atoms with Crippen molar-refractivity contribution < 1.29 is 52.0 Å². The second kappa shape index (κ2) is 15.1. The Hall–Kier alpha value is -5.33. The zero-order valence-corrected chi connectivity index (χ0v) is 25.6. The number of nitrogens with one attached hydrogen (secondary N) is 1. The number of pyridine rings is 1. The molecule has 0 bridgehead atoms. The number of benzene rings is 2. The average molecular weight is 637 g/mol. The van der Waals surface area contributed by atoms with Crippen LogP contribution in [0.2, 0.25) is 0 Å². The van der Waals surface area contributed by atoms with Crippen LogP contribution in [0.25, 0.3) is 0 Å². The minimum Gasteiger partial charge on any atom is -0.493 e. The van der Waals surface area contributed by atoms with Gasteiger partial charge in [-0.1, -0.05) is 56.3 Å². The van der Waals surface area contributed by atoms with Crippen LogP contribution in [-0.4, -0.2) is 66.7 Å². The zero-order valence-electron chi connectivity index (χ0n) is 25.6. The Labute approximate surface area is 264 Å². The van der Waals surface area contributed by atoms with E-state index in [0.29, 0.717) is 0 Å². The first-order valence-corrected chi connectivity index (χ1v) is 14.4. The highest BCUT2D eigenvalue weighted by Crippen LogP contribution is 2.31. The van der Waals surface area contributed by atoms with Gasteiger partial charge in [-0.05, 0) is 31.0 Å². The molecule has 4 rings (SSSR count). The molecule has 0 saturated carbocycles. The highest BCUT2D eigenvalue weighted by Gasteiger charge is 2.42. The van der Waals surface area contributed by atoms with E-state index in [2.05, 4.69) is 10.3 Å². The van der Waals surface area contributed by atoms with Crippen LogP contribution in [0, 0.1) is 17.7 Å². The summed E-state index contributed by atoms with van der Waals surface area (Å²) in [6.45, 7) is 4.08. The molecule has 0 radical (unpaired) electrons. The summed E-state index contributed by atoms with van der Waals surface area (Å²) in [5.41, 5.74) is -0.140. The molecule has 13 heteroatoms. The number of methoxy groups -OCH3 is 1. The van der Waals surface area contributed by atoms with Crippen molar-refractivity contribution in [3.8, 4) is 11.5 Å². The van der Waals surface area contributed by atoms with Gasteiger partial charge < -0.3 is 29.0 Å². The van der Waals surface area contributed by atoms with Crippen LogP contribution >= 0.6 is 0 Å². The van der Waals surface area contributed by atoms with E-state index in [0.717, 1.165) is 11.6 Å². The first kappa shape index (κ1) is 33.6. The summed E-state index contributed by atoms with van der Waals surface area (Å²) in [6, 6.07) is 13.8. The van der Waals surface area contributed by atoms with Crippen molar-refractivity contribution in [3.05, 3.63) is 89.5 Å². The van der Waals surface area contributed by atoms with E-state index < -0.39 is 89.3 Å². The van der Waals surface area contributed by atoms with Gasteiger partial charge in [0.25, 0.3) is 5.91 Å². The van der Waals surface area contributed by atoms with E-state index in [4.69, 9.17) is 23.7 Å². The van der Waals surface area contributed by atoms with E-state index in [1.54, 1.807) is 38.1 Å². The van der Waals surface area contributed by atoms with Gasteiger partial charge in [0, 0.05) is 12.3 Å². The number of amides is 1. The summed E-state index contributed by atoms with van der Waals surface area (Å²) in [5, 5.41) is 2.39. The van der Waals surface area contributed by atoms with Crippen molar-refractivity contribution in [3.63, 3.8) is 0 Å². The third-order valence-corrected chi connectivity index (χ3v) is 7.06. The van der Waals surface area contributed by atoms with Crippen LogP contribution in [0.15, 0.2) is 66.9 Å². The lowest BCUT2D eigenvalue weighted by Crippen LogP contribution is -2.47. The quantitative estimate of drug-likeness (QED) is 0.271. The number of hydrogen-bond acceptors (Lipinski definition) is 11. The summed E-state index contributed by atoms with van der Waals surface area (Å²) < 4.78 is 41.6. The molecule has 46 heavy (non-hydrogen) atoms. The van der Waals surface area contributed by atoms with Gasteiger partial charge in [0.2, 0.25) is 5.75 Å². The molecule has 12 nitrogen and oxygen atoms in total. The van der Waals surface area contributed by atoms with Crippen LogP contribution in [0.5, 0.6) is 11.5 Å². The SMILES string of the molecule is COc1ccnc(C(=O)N[C@H]2COC(=O)[C@H](Cc3ccccc3)[C@@H](OC(=O)C(C)C)[C@H](C)OC2=O)c1OC(=O)c1ccccc1F. The van der Waals surface area contributed by atoms with Gasteiger partial charge in [0.05, 0.1) is 18.6 Å². The minimum absolute atomic E-state index is 0.0829. The smallest absolute Gasteiger partial charge is 0.346 e. The molecule has 3 aromatic rings. The molecule has 1 fully saturated rings. The minimum atomic E-state index is -1.54. The summed E-state index contributed by atoms with van der Waals surface area (Å²) in [4.78, 5) is 69.6. The highest BCUT2D eigenvalue weighted by molar-refractivity contribution is 6.00. The number of nitrogens with zero attached hydrogens (tertiary/aromatic N) is 1. The van der Waals surface area contributed by atoms with Gasteiger partial charge in [-0.15, -0.1) is 0 Å². The van der Waals surface area contributed by atoms with Crippen molar-refractivity contribution >= 4 is 29.8 Å². The maximum absolute atomic E-state index is 14.2. The molecule has 2 heterocycles. The van der Waals surface area contributed by atoms with E-state index in [1.165, 1.54) is 44.5 Å². The van der Waals surface area contributed by atoms with Crippen LogP contribution in [0.1, 0.15) is 47.2 Å².